The van der Waals surface area contributed by atoms with Crippen molar-refractivity contribution in [3.05, 3.63) is 83.5 Å². The maximum atomic E-state index is 12.5. The van der Waals surface area contributed by atoms with Gasteiger partial charge in [-0.15, -0.1) is 12.6 Å². The summed E-state index contributed by atoms with van der Waals surface area (Å²) in [5, 5.41) is 3.42. The van der Waals surface area contributed by atoms with Crippen LogP contribution in [-0.2, 0) is 0 Å². The first-order chi connectivity index (χ1) is 13.1. The average Bonchev–Trinajstić information content (AvgIpc) is 2.69. The highest BCUT2D eigenvalue weighted by Gasteiger charge is 2.11. The number of benzene rings is 3. The van der Waals surface area contributed by atoms with Crippen molar-refractivity contribution in [2.75, 3.05) is 5.32 Å². The molecule has 0 aliphatic rings. The van der Waals surface area contributed by atoms with E-state index in [1.807, 2.05) is 30.3 Å². The highest BCUT2D eigenvalue weighted by molar-refractivity contribution is 7.80. The molecule has 6 heteroatoms. The Morgan fingerprint density at radius 3 is 2.59 bits per heavy atom. The van der Waals surface area contributed by atoms with Crippen LogP contribution < -0.4 is 5.32 Å². The van der Waals surface area contributed by atoms with Crippen LogP contribution >= 0.6 is 24.2 Å². The quantitative estimate of drug-likeness (QED) is 0.454. The molecule has 0 fully saturated rings. The first-order valence-electron chi connectivity index (χ1n) is 8.22. The third-order valence-corrected chi connectivity index (χ3v) is 4.66. The van der Waals surface area contributed by atoms with Crippen molar-refractivity contribution in [2.45, 2.75) is 4.90 Å². The zero-order chi connectivity index (χ0) is 18.8. The summed E-state index contributed by atoms with van der Waals surface area (Å²) in [6, 6.07) is 20.0. The van der Waals surface area contributed by atoms with Gasteiger partial charge in [-0.25, -0.2) is 4.98 Å². The molecule has 4 nitrogen and oxygen atoms in total. The summed E-state index contributed by atoms with van der Waals surface area (Å²) in [5.74, 6) is -0.219. The molecule has 4 aromatic rings. The molecule has 0 saturated carbocycles. The molecule has 0 spiro atoms. The lowest BCUT2D eigenvalue weighted by molar-refractivity contribution is 0.102. The van der Waals surface area contributed by atoms with Gasteiger partial charge in [0.1, 0.15) is 0 Å². The Kier molecular flexibility index (Phi) is 4.79. The van der Waals surface area contributed by atoms with E-state index in [2.05, 4.69) is 27.9 Å². The van der Waals surface area contributed by atoms with E-state index in [-0.39, 0.29) is 5.91 Å². The molecule has 132 valence electrons. The third-order valence-electron chi connectivity index (χ3n) is 4.06. The molecule has 0 atom stereocenters. The number of hydrogen-bond donors (Lipinski definition) is 2. The van der Waals surface area contributed by atoms with E-state index < -0.39 is 0 Å². The molecule has 1 heterocycles. The molecule has 0 aliphatic heterocycles. The topological polar surface area (TPSA) is 54.9 Å². The number of nitrogens with one attached hydrogen (secondary N) is 1. The van der Waals surface area contributed by atoms with Gasteiger partial charge in [0.05, 0.1) is 27.9 Å². The van der Waals surface area contributed by atoms with Crippen LogP contribution in [0.5, 0.6) is 0 Å². The fourth-order valence-corrected chi connectivity index (χ4v) is 3.18. The van der Waals surface area contributed by atoms with Gasteiger partial charge < -0.3 is 5.32 Å². The molecule has 0 radical (unpaired) electrons. The van der Waals surface area contributed by atoms with Gasteiger partial charge in [-0.05, 0) is 48.5 Å². The summed E-state index contributed by atoms with van der Waals surface area (Å²) in [4.78, 5) is 22.3. The number of halogens is 1. The average molecular weight is 392 g/mol. The number of thiol groups is 1. The van der Waals surface area contributed by atoms with Crippen molar-refractivity contribution in [1.82, 2.24) is 9.97 Å². The minimum Gasteiger partial charge on any atom is -0.322 e. The second-order valence-corrected chi connectivity index (χ2v) is 6.87. The largest absolute Gasteiger partial charge is 0.322 e. The van der Waals surface area contributed by atoms with E-state index in [1.54, 1.807) is 42.6 Å². The Hall–Kier alpha value is -2.89. The molecular formula is C21H14ClN3OS. The van der Waals surface area contributed by atoms with Crippen LogP contribution in [0.1, 0.15) is 10.4 Å². The van der Waals surface area contributed by atoms with Crippen molar-refractivity contribution in [2.24, 2.45) is 0 Å². The Balaban J connectivity index is 1.67. The molecule has 0 aliphatic carbocycles. The van der Waals surface area contributed by atoms with E-state index >= 15 is 0 Å². The van der Waals surface area contributed by atoms with Crippen LogP contribution in [0.2, 0.25) is 5.02 Å². The number of hydrogen-bond acceptors (Lipinski definition) is 4. The second-order valence-electron chi connectivity index (χ2n) is 5.94. The zero-order valence-electron chi connectivity index (χ0n) is 14.1. The van der Waals surface area contributed by atoms with E-state index in [1.165, 1.54) is 0 Å². The van der Waals surface area contributed by atoms with Crippen LogP contribution in [0.25, 0.3) is 22.3 Å². The number of amides is 1. The van der Waals surface area contributed by atoms with E-state index in [9.17, 15) is 4.79 Å². The first-order valence-corrected chi connectivity index (χ1v) is 9.05. The van der Waals surface area contributed by atoms with E-state index in [4.69, 9.17) is 11.6 Å². The molecule has 0 saturated heterocycles. The number of carbonyl (C=O) groups excluding carboxylic acids is 1. The molecule has 1 amide bonds. The number of aromatic nitrogens is 2. The van der Waals surface area contributed by atoms with Gasteiger partial charge in [-0.1, -0.05) is 29.8 Å². The molecule has 1 N–H and O–H groups in total. The molecular weight excluding hydrogens is 378 g/mol. The maximum absolute atomic E-state index is 12.5. The summed E-state index contributed by atoms with van der Waals surface area (Å²) in [5.41, 5.74) is 4.10. The predicted molar refractivity (Wildman–Crippen MR) is 112 cm³/mol. The van der Waals surface area contributed by atoms with Gasteiger partial charge in [-0.2, -0.15) is 0 Å². The monoisotopic (exact) mass is 391 g/mol. The molecule has 3 aromatic carbocycles. The standard InChI is InChI=1S/C21H14ClN3OS/c22-17-9-8-14(24-21(26)13-4-3-5-15(27)10-13)11-16(17)20-12-23-18-6-1-2-7-19(18)25-20/h1-12,27H,(H,24,26). The van der Waals surface area contributed by atoms with Crippen molar-refractivity contribution in [3.8, 4) is 11.3 Å². The lowest BCUT2D eigenvalue weighted by Gasteiger charge is -2.10. The zero-order valence-corrected chi connectivity index (χ0v) is 15.7. The lowest BCUT2D eigenvalue weighted by Crippen LogP contribution is -2.11. The first kappa shape index (κ1) is 17.5. The fraction of sp³-hybridized carbons (Fsp3) is 0. The Bertz CT molecular complexity index is 1160. The highest BCUT2D eigenvalue weighted by atomic mass is 35.5. The van der Waals surface area contributed by atoms with Gasteiger partial charge >= 0.3 is 0 Å². The van der Waals surface area contributed by atoms with Crippen LogP contribution in [-0.4, -0.2) is 15.9 Å². The maximum Gasteiger partial charge on any atom is 0.255 e. The smallest absolute Gasteiger partial charge is 0.255 e. The number of para-hydroxylation sites is 2. The van der Waals surface area contributed by atoms with E-state index in [0.29, 0.717) is 27.5 Å². The number of nitrogens with zero attached hydrogens (tertiary/aromatic N) is 2. The third kappa shape index (κ3) is 3.79. The minimum atomic E-state index is -0.219. The van der Waals surface area contributed by atoms with Crippen LogP contribution in [0.3, 0.4) is 0 Å². The van der Waals surface area contributed by atoms with Crippen molar-refractivity contribution >= 4 is 46.9 Å². The van der Waals surface area contributed by atoms with Gasteiger partial charge in [0, 0.05) is 21.7 Å². The SMILES string of the molecule is O=C(Nc1ccc(Cl)c(-c2cnc3ccccc3n2)c1)c1cccc(S)c1. The summed E-state index contributed by atoms with van der Waals surface area (Å²) < 4.78 is 0. The summed E-state index contributed by atoms with van der Waals surface area (Å²) >= 11 is 10.6. The van der Waals surface area contributed by atoms with Gasteiger partial charge in [0.25, 0.3) is 5.91 Å². The minimum absolute atomic E-state index is 0.219. The van der Waals surface area contributed by atoms with Crippen molar-refractivity contribution in [1.29, 1.82) is 0 Å². The predicted octanol–water partition coefficient (Wildman–Crippen LogP) is 5.49. The Labute approximate surface area is 166 Å². The number of rotatable bonds is 3. The molecule has 4 rings (SSSR count). The highest BCUT2D eigenvalue weighted by Crippen LogP contribution is 2.30. The van der Waals surface area contributed by atoms with Gasteiger partial charge in [0.2, 0.25) is 0 Å². The number of carbonyl (C=O) groups is 1. The van der Waals surface area contributed by atoms with Crippen LogP contribution in [0, 0.1) is 0 Å². The van der Waals surface area contributed by atoms with Crippen molar-refractivity contribution < 1.29 is 4.79 Å². The van der Waals surface area contributed by atoms with Gasteiger partial charge in [-0.3, -0.25) is 9.78 Å². The fourth-order valence-electron chi connectivity index (χ4n) is 2.74. The molecule has 27 heavy (non-hydrogen) atoms. The molecule has 0 unspecified atom stereocenters. The van der Waals surface area contributed by atoms with Crippen LogP contribution in [0.15, 0.2) is 77.8 Å². The normalized spacial score (nSPS) is 10.7. The summed E-state index contributed by atoms with van der Waals surface area (Å²) in [6.07, 6.45) is 1.68. The molecule has 0 bridgehead atoms. The Morgan fingerprint density at radius 1 is 0.963 bits per heavy atom. The number of fused-ring (bicyclic) bond motifs is 1. The van der Waals surface area contributed by atoms with Gasteiger partial charge in [0.15, 0.2) is 0 Å². The lowest BCUT2D eigenvalue weighted by atomic mass is 10.1. The Morgan fingerprint density at radius 2 is 1.78 bits per heavy atom. The van der Waals surface area contributed by atoms with Crippen molar-refractivity contribution in [3.63, 3.8) is 0 Å². The summed E-state index contributed by atoms with van der Waals surface area (Å²) in [6.45, 7) is 0. The van der Waals surface area contributed by atoms with Crippen LogP contribution in [0.4, 0.5) is 5.69 Å². The second kappa shape index (κ2) is 7.39. The molecule has 1 aromatic heterocycles. The van der Waals surface area contributed by atoms with E-state index in [0.717, 1.165) is 15.9 Å². The number of anilines is 1. The summed E-state index contributed by atoms with van der Waals surface area (Å²) in [7, 11) is 0.